The van der Waals surface area contributed by atoms with Crippen LogP contribution in [0.2, 0.25) is 0 Å². The van der Waals surface area contributed by atoms with Gasteiger partial charge in [0.05, 0.1) is 12.6 Å². The van der Waals surface area contributed by atoms with E-state index in [2.05, 4.69) is 22.5 Å². The van der Waals surface area contributed by atoms with Gasteiger partial charge in [-0.25, -0.2) is 0 Å². The summed E-state index contributed by atoms with van der Waals surface area (Å²) in [5.74, 6) is 0.960. The number of piperidine rings is 1. The van der Waals surface area contributed by atoms with Crippen molar-refractivity contribution in [3.05, 3.63) is 30.3 Å². The lowest BCUT2D eigenvalue weighted by Gasteiger charge is -2.33. The highest BCUT2D eigenvalue weighted by molar-refractivity contribution is 14.0. The van der Waals surface area contributed by atoms with Crippen LogP contribution in [0.25, 0.3) is 0 Å². The van der Waals surface area contributed by atoms with Crippen LogP contribution in [0.4, 0.5) is 5.69 Å². The molecule has 0 aliphatic carbocycles. The van der Waals surface area contributed by atoms with E-state index in [1.165, 1.54) is 6.42 Å². The minimum Gasteiger partial charge on any atom is -0.357 e. The van der Waals surface area contributed by atoms with Gasteiger partial charge in [0.25, 0.3) is 0 Å². The van der Waals surface area contributed by atoms with Crippen LogP contribution >= 0.6 is 24.0 Å². The summed E-state index contributed by atoms with van der Waals surface area (Å²) >= 11 is 0. The Kier molecular flexibility index (Phi) is 9.87. The van der Waals surface area contributed by atoms with Crippen LogP contribution in [0.5, 0.6) is 0 Å². The molecule has 1 aromatic carbocycles. The van der Waals surface area contributed by atoms with E-state index >= 15 is 0 Å². The SMILES string of the molecule is CCNC(=NCCC(=O)N1CCCCC1C)NC1CC(=O)N(c2ccccc2)C1.I. The number of nitrogens with zero attached hydrogens (tertiary/aromatic N) is 3. The van der Waals surface area contributed by atoms with Gasteiger partial charge in [0.1, 0.15) is 0 Å². The molecule has 2 heterocycles. The summed E-state index contributed by atoms with van der Waals surface area (Å²) in [4.78, 5) is 33.3. The van der Waals surface area contributed by atoms with E-state index < -0.39 is 0 Å². The number of aliphatic imine (C=N–C) groups is 1. The third-order valence-corrected chi connectivity index (χ3v) is 5.60. The first-order valence-corrected chi connectivity index (χ1v) is 10.8. The lowest BCUT2D eigenvalue weighted by atomic mass is 10.0. The van der Waals surface area contributed by atoms with E-state index in [4.69, 9.17) is 0 Å². The van der Waals surface area contributed by atoms with E-state index in [1.54, 1.807) is 0 Å². The van der Waals surface area contributed by atoms with Crippen molar-refractivity contribution in [1.82, 2.24) is 15.5 Å². The van der Waals surface area contributed by atoms with Crippen LogP contribution in [0.1, 0.15) is 46.0 Å². The van der Waals surface area contributed by atoms with E-state index in [0.29, 0.717) is 37.9 Å². The Bertz CT molecular complexity index is 727. The Morgan fingerprint density at radius 2 is 2.00 bits per heavy atom. The van der Waals surface area contributed by atoms with E-state index in [0.717, 1.165) is 31.6 Å². The Balaban J connectivity index is 0.00000320. The molecule has 2 N–H and O–H groups in total. The van der Waals surface area contributed by atoms with Crippen molar-refractivity contribution < 1.29 is 9.59 Å². The highest BCUT2D eigenvalue weighted by atomic mass is 127. The molecule has 0 spiro atoms. The zero-order valence-corrected chi connectivity index (χ0v) is 20.3. The van der Waals surface area contributed by atoms with Crippen molar-refractivity contribution in [2.75, 3.05) is 31.1 Å². The van der Waals surface area contributed by atoms with Gasteiger partial charge in [0, 0.05) is 44.2 Å². The lowest BCUT2D eigenvalue weighted by Crippen LogP contribution is -2.45. The largest absolute Gasteiger partial charge is 0.357 e. The van der Waals surface area contributed by atoms with Crippen LogP contribution in [0.15, 0.2) is 35.3 Å². The van der Waals surface area contributed by atoms with Gasteiger partial charge in [-0.1, -0.05) is 18.2 Å². The van der Waals surface area contributed by atoms with Gasteiger partial charge in [-0.15, -0.1) is 24.0 Å². The monoisotopic (exact) mass is 527 g/mol. The van der Waals surface area contributed by atoms with Crippen molar-refractivity contribution in [1.29, 1.82) is 0 Å². The van der Waals surface area contributed by atoms with Gasteiger partial charge < -0.3 is 20.4 Å². The normalized spacial score (nSPS) is 21.9. The highest BCUT2D eigenvalue weighted by Crippen LogP contribution is 2.21. The van der Waals surface area contributed by atoms with Crippen molar-refractivity contribution in [2.45, 2.75) is 58.0 Å². The standard InChI is InChI=1S/C22H33N5O2.HI/c1-3-23-22(24-13-12-20(28)26-14-8-7-9-17(26)2)25-18-15-21(29)27(16-18)19-10-5-4-6-11-19;/h4-6,10-11,17-18H,3,7-9,12-16H2,1-2H3,(H2,23,24,25);1H. The van der Waals surface area contributed by atoms with Gasteiger partial charge >= 0.3 is 0 Å². The molecule has 8 heteroatoms. The molecular formula is C22H34IN5O2. The summed E-state index contributed by atoms with van der Waals surface area (Å²) in [6.07, 6.45) is 4.24. The number of hydrogen-bond donors (Lipinski definition) is 2. The summed E-state index contributed by atoms with van der Waals surface area (Å²) in [6, 6.07) is 10.1. The van der Waals surface area contributed by atoms with E-state index in [-0.39, 0.29) is 41.8 Å². The molecule has 1 aromatic rings. The maximum atomic E-state index is 12.5. The van der Waals surface area contributed by atoms with Crippen molar-refractivity contribution >= 4 is 47.4 Å². The number of carbonyl (C=O) groups is 2. The zero-order valence-electron chi connectivity index (χ0n) is 18.0. The third kappa shape index (κ3) is 6.58. The average Bonchev–Trinajstić information content (AvgIpc) is 3.09. The number of para-hydroxylation sites is 1. The molecular weight excluding hydrogens is 493 g/mol. The molecule has 3 rings (SSSR count). The maximum Gasteiger partial charge on any atom is 0.229 e. The molecule has 0 radical (unpaired) electrons. The molecule has 2 amide bonds. The number of guanidine groups is 1. The number of halogens is 1. The van der Waals surface area contributed by atoms with Crippen molar-refractivity contribution in [3.63, 3.8) is 0 Å². The van der Waals surface area contributed by atoms with Crippen LogP contribution in [-0.4, -0.2) is 60.9 Å². The fraction of sp³-hybridized carbons (Fsp3) is 0.591. The summed E-state index contributed by atoms with van der Waals surface area (Å²) < 4.78 is 0. The van der Waals surface area contributed by atoms with Crippen LogP contribution in [0, 0.1) is 0 Å². The molecule has 0 aromatic heterocycles. The summed E-state index contributed by atoms with van der Waals surface area (Å²) in [5, 5.41) is 6.59. The van der Waals surface area contributed by atoms with E-state index in [9.17, 15) is 9.59 Å². The first kappa shape index (κ1) is 24.4. The summed E-state index contributed by atoms with van der Waals surface area (Å²) in [5.41, 5.74) is 0.921. The second kappa shape index (κ2) is 12.1. The topological polar surface area (TPSA) is 77.0 Å². The zero-order chi connectivity index (χ0) is 20.6. The lowest BCUT2D eigenvalue weighted by molar-refractivity contribution is -0.134. The molecule has 0 bridgehead atoms. The number of benzene rings is 1. The molecule has 30 heavy (non-hydrogen) atoms. The van der Waals surface area contributed by atoms with Crippen LogP contribution < -0.4 is 15.5 Å². The molecule has 0 saturated carbocycles. The van der Waals surface area contributed by atoms with Gasteiger partial charge in [0.2, 0.25) is 11.8 Å². The number of rotatable bonds is 6. The predicted octanol–water partition coefficient (Wildman–Crippen LogP) is 2.76. The fourth-order valence-electron chi connectivity index (χ4n) is 4.05. The molecule has 2 saturated heterocycles. The summed E-state index contributed by atoms with van der Waals surface area (Å²) in [7, 11) is 0. The molecule has 2 fully saturated rings. The average molecular weight is 527 g/mol. The Morgan fingerprint density at radius 1 is 1.23 bits per heavy atom. The Morgan fingerprint density at radius 3 is 2.70 bits per heavy atom. The van der Waals surface area contributed by atoms with Gasteiger partial charge in [-0.2, -0.15) is 0 Å². The molecule has 2 aliphatic heterocycles. The van der Waals surface area contributed by atoms with Crippen molar-refractivity contribution in [3.8, 4) is 0 Å². The fourth-order valence-corrected chi connectivity index (χ4v) is 4.05. The number of anilines is 1. The Labute approximate surface area is 196 Å². The third-order valence-electron chi connectivity index (χ3n) is 5.60. The quantitative estimate of drug-likeness (QED) is 0.339. The minimum atomic E-state index is -0.00155. The summed E-state index contributed by atoms with van der Waals surface area (Å²) in [6.45, 7) is 6.78. The second-order valence-electron chi connectivity index (χ2n) is 7.83. The van der Waals surface area contributed by atoms with Gasteiger partial charge in [-0.05, 0) is 45.2 Å². The molecule has 2 aliphatic rings. The first-order valence-electron chi connectivity index (χ1n) is 10.8. The number of carbonyl (C=O) groups excluding carboxylic acids is 2. The maximum absolute atomic E-state index is 12.5. The van der Waals surface area contributed by atoms with E-state index in [1.807, 2.05) is 47.1 Å². The molecule has 2 atom stereocenters. The first-order chi connectivity index (χ1) is 14.1. The predicted molar refractivity (Wildman–Crippen MR) is 131 cm³/mol. The van der Waals surface area contributed by atoms with Gasteiger partial charge in [-0.3, -0.25) is 14.6 Å². The minimum absolute atomic E-state index is 0. The Hall–Kier alpha value is -1.84. The molecule has 7 nitrogen and oxygen atoms in total. The molecule has 166 valence electrons. The van der Waals surface area contributed by atoms with Crippen LogP contribution in [-0.2, 0) is 9.59 Å². The number of likely N-dealkylation sites (tertiary alicyclic amines) is 1. The number of hydrogen-bond acceptors (Lipinski definition) is 3. The molecule has 2 unspecified atom stereocenters. The number of amides is 2. The van der Waals surface area contributed by atoms with Gasteiger partial charge in [0.15, 0.2) is 5.96 Å². The number of nitrogens with one attached hydrogen (secondary N) is 2. The van der Waals surface area contributed by atoms with Crippen LogP contribution in [0.3, 0.4) is 0 Å². The second-order valence-corrected chi connectivity index (χ2v) is 7.83. The highest BCUT2D eigenvalue weighted by Gasteiger charge is 2.31. The smallest absolute Gasteiger partial charge is 0.229 e. The van der Waals surface area contributed by atoms with Crippen molar-refractivity contribution in [2.24, 2.45) is 4.99 Å².